The number of nitro groups is 1. The molecule has 0 atom stereocenters. The van der Waals surface area contributed by atoms with Gasteiger partial charge in [0.05, 0.1) is 9.82 Å². The Kier molecular flexibility index (Phi) is 4.95. The zero-order valence-electron chi connectivity index (χ0n) is 12.1. The maximum absolute atomic E-state index is 12.7. The molecule has 0 saturated heterocycles. The lowest BCUT2D eigenvalue weighted by Gasteiger charge is -2.32. The Morgan fingerprint density at radius 2 is 1.76 bits per heavy atom. The lowest BCUT2D eigenvalue weighted by molar-refractivity contribution is -0.384. The van der Waals surface area contributed by atoms with Crippen molar-refractivity contribution in [3.05, 3.63) is 34.4 Å². The third-order valence-corrected chi connectivity index (χ3v) is 5.99. The van der Waals surface area contributed by atoms with E-state index in [4.69, 9.17) is 0 Å². The van der Waals surface area contributed by atoms with E-state index in [2.05, 4.69) is 0 Å². The molecular weight excluding hydrogens is 292 g/mol. The molecule has 6 nitrogen and oxygen atoms in total. The van der Waals surface area contributed by atoms with E-state index in [1.165, 1.54) is 28.6 Å². The molecule has 2 rings (SSSR count). The van der Waals surface area contributed by atoms with E-state index in [1.54, 1.807) is 0 Å². The first-order valence-electron chi connectivity index (χ1n) is 7.23. The van der Waals surface area contributed by atoms with Gasteiger partial charge in [-0.15, -0.1) is 0 Å². The summed E-state index contributed by atoms with van der Waals surface area (Å²) in [6.45, 7) is 2.25. The van der Waals surface area contributed by atoms with Crippen LogP contribution in [-0.4, -0.2) is 30.2 Å². The van der Waals surface area contributed by atoms with Crippen LogP contribution in [0.15, 0.2) is 29.2 Å². The normalized spacial score (nSPS) is 17.0. The van der Waals surface area contributed by atoms with Gasteiger partial charge in [-0.25, -0.2) is 8.42 Å². The van der Waals surface area contributed by atoms with E-state index in [9.17, 15) is 18.5 Å². The molecule has 0 aliphatic heterocycles. The summed E-state index contributed by atoms with van der Waals surface area (Å²) in [5, 5.41) is 10.6. The molecular formula is C14H20N2O4S. The maximum Gasteiger partial charge on any atom is 0.269 e. The quantitative estimate of drug-likeness (QED) is 0.618. The van der Waals surface area contributed by atoms with Crippen LogP contribution in [0.25, 0.3) is 0 Å². The zero-order chi connectivity index (χ0) is 15.5. The molecule has 0 amide bonds. The third-order valence-electron chi connectivity index (χ3n) is 3.95. The van der Waals surface area contributed by atoms with Gasteiger partial charge in [0.25, 0.3) is 5.69 Å². The number of sulfonamides is 1. The molecule has 1 aromatic carbocycles. The number of non-ortho nitro benzene ring substituents is 1. The molecule has 7 heteroatoms. The molecule has 0 radical (unpaired) electrons. The molecule has 0 N–H and O–H groups in total. The SMILES string of the molecule is CCN(C1CCCCC1)S(=O)(=O)c1ccc([N+](=O)[O-])cc1. The van der Waals surface area contributed by atoms with Crippen LogP contribution in [-0.2, 0) is 10.0 Å². The van der Waals surface area contributed by atoms with Gasteiger partial charge in [0, 0.05) is 24.7 Å². The van der Waals surface area contributed by atoms with Crippen molar-refractivity contribution in [1.82, 2.24) is 4.31 Å². The van der Waals surface area contributed by atoms with Gasteiger partial charge in [-0.2, -0.15) is 4.31 Å². The molecule has 1 fully saturated rings. The largest absolute Gasteiger partial charge is 0.269 e. The van der Waals surface area contributed by atoms with Gasteiger partial charge in [0.2, 0.25) is 10.0 Å². The van der Waals surface area contributed by atoms with Crippen molar-refractivity contribution in [3.8, 4) is 0 Å². The van der Waals surface area contributed by atoms with Gasteiger partial charge in [0.1, 0.15) is 0 Å². The summed E-state index contributed by atoms with van der Waals surface area (Å²) >= 11 is 0. The minimum absolute atomic E-state index is 0.0453. The average molecular weight is 312 g/mol. The van der Waals surface area contributed by atoms with E-state index in [-0.39, 0.29) is 16.6 Å². The molecule has 1 aromatic rings. The van der Waals surface area contributed by atoms with Crippen molar-refractivity contribution in [2.75, 3.05) is 6.54 Å². The highest BCUT2D eigenvalue weighted by Crippen LogP contribution is 2.28. The fourth-order valence-corrected chi connectivity index (χ4v) is 4.56. The molecule has 0 aromatic heterocycles. The number of nitrogens with zero attached hydrogens (tertiary/aromatic N) is 2. The molecule has 0 spiro atoms. The van der Waals surface area contributed by atoms with Gasteiger partial charge < -0.3 is 0 Å². The van der Waals surface area contributed by atoms with Gasteiger partial charge in [-0.1, -0.05) is 26.2 Å². The van der Waals surface area contributed by atoms with Crippen LogP contribution >= 0.6 is 0 Å². The van der Waals surface area contributed by atoms with Gasteiger partial charge in [-0.3, -0.25) is 10.1 Å². The van der Waals surface area contributed by atoms with E-state index in [0.717, 1.165) is 32.1 Å². The van der Waals surface area contributed by atoms with Crippen molar-refractivity contribution in [1.29, 1.82) is 0 Å². The molecule has 1 aliphatic rings. The summed E-state index contributed by atoms with van der Waals surface area (Å²) in [4.78, 5) is 10.2. The average Bonchev–Trinajstić information content (AvgIpc) is 2.49. The molecule has 0 unspecified atom stereocenters. The zero-order valence-corrected chi connectivity index (χ0v) is 12.9. The summed E-state index contributed by atoms with van der Waals surface area (Å²) in [5.41, 5.74) is -0.102. The molecule has 21 heavy (non-hydrogen) atoms. The molecule has 1 saturated carbocycles. The summed E-state index contributed by atoms with van der Waals surface area (Å²) in [6, 6.07) is 5.16. The third kappa shape index (κ3) is 3.41. The lowest BCUT2D eigenvalue weighted by atomic mass is 9.95. The van der Waals surface area contributed by atoms with Crippen LogP contribution in [0.1, 0.15) is 39.0 Å². The predicted octanol–water partition coefficient (Wildman–Crippen LogP) is 2.94. The topological polar surface area (TPSA) is 80.5 Å². The highest BCUT2D eigenvalue weighted by atomic mass is 32.2. The summed E-state index contributed by atoms with van der Waals surface area (Å²) in [5.74, 6) is 0. The second-order valence-corrected chi connectivity index (χ2v) is 7.14. The number of rotatable bonds is 5. The van der Waals surface area contributed by atoms with Crippen LogP contribution in [0.3, 0.4) is 0 Å². The van der Waals surface area contributed by atoms with Crippen LogP contribution in [0.2, 0.25) is 0 Å². The van der Waals surface area contributed by atoms with Crippen molar-refractivity contribution in [2.24, 2.45) is 0 Å². The van der Waals surface area contributed by atoms with Crippen LogP contribution in [0, 0.1) is 10.1 Å². The monoisotopic (exact) mass is 312 g/mol. The fourth-order valence-electron chi connectivity index (χ4n) is 2.87. The minimum Gasteiger partial charge on any atom is -0.258 e. The standard InChI is InChI=1S/C14H20N2O4S/c1-2-15(12-6-4-3-5-7-12)21(19,20)14-10-8-13(9-11-14)16(17)18/h8-12H,2-7H2,1H3. The lowest BCUT2D eigenvalue weighted by Crippen LogP contribution is -2.41. The summed E-state index contributed by atoms with van der Waals surface area (Å²) < 4.78 is 26.9. The van der Waals surface area contributed by atoms with Crippen molar-refractivity contribution in [3.63, 3.8) is 0 Å². The van der Waals surface area contributed by atoms with E-state index >= 15 is 0 Å². The van der Waals surface area contributed by atoms with Crippen LogP contribution < -0.4 is 0 Å². The van der Waals surface area contributed by atoms with Gasteiger partial charge in [-0.05, 0) is 25.0 Å². The number of nitro benzene ring substituents is 1. The maximum atomic E-state index is 12.7. The first-order valence-corrected chi connectivity index (χ1v) is 8.67. The Morgan fingerprint density at radius 3 is 2.24 bits per heavy atom. The molecule has 116 valence electrons. The van der Waals surface area contributed by atoms with Gasteiger partial charge in [0.15, 0.2) is 0 Å². The van der Waals surface area contributed by atoms with Crippen LogP contribution in [0.4, 0.5) is 5.69 Å². The Balaban J connectivity index is 2.27. The van der Waals surface area contributed by atoms with Crippen molar-refractivity contribution >= 4 is 15.7 Å². The first kappa shape index (κ1) is 15.9. The molecule has 0 heterocycles. The smallest absolute Gasteiger partial charge is 0.258 e. The highest BCUT2D eigenvalue weighted by Gasteiger charge is 2.31. The second kappa shape index (κ2) is 6.53. The van der Waals surface area contributed by atoms with E-state index in [1.807, 2.05) is 6.92 Å². The Morgan fingerprint density at radius 1 is 1.19 bits per heavy atom. The molecule has 1 aliphatic carbocycles. The summed E-state index contributed by atoms with van der Waals surface area (Å²) in [6.07, 6.45) is 5.04. The highest BCUT2D eigenvalue weighted by molar-refractivity contribution is 7.89. The number of hydrogen-bond donors (Lipinski definition) is 0. The van der Waals surface area contributed by atoms with Crippen LogP contribution in [0.5, 0.6) is 0 Å². The first-order chi connectivity index (χ1) is 9.96. The van der Waals surface area contributed by atoms with Crippen molar-refractivity contribution < 1.29 is 13.3 Å². The second-order valence-electron chi connectivity index (χ2n) is 5.25. The number of hydrogen-bond acceptors (Lipinski definition) is 4. The van der Waals surface area contributed by atoms with Gasteiger partial charge >= 0.3 is 0 Å². The number of benzene rings is 1. The van der Waals surface area contributed by atoms with Crippen molar-refractivity contribution in [2.45, 2.75) is 50.0 Å². The van der Waals surface area contributed by atoms with E-state index < -0.39 is 14.9 Å². The Hall–Kier alpha value is -1.47. The minimum atomic E-state index is -3.58. The molecule has 0 bridgehead atoms. The predicted molar refractivity (Wildman–Crippen MR) is 79.5 cm³/mol. The fraction of sp³-hybridized carbons (Fsp3) is 0.571. The van der Waals surface area contributed by atoms with E-state index in [0.29, 0.717) is 6.54 Å². The summed E-state index contributed by atoms with van der Waals surface area (Å²) in [7, 11) is -3.58. The Bertz CT molecular complexity index is 592. The Labute approximate surface area is 125 Å².